The number of hydrogen-bond donors (Lipinski definition) is 2. The van der Waals surface area contributed by atoms with Gasteiger partial charge in [-0.2, -0.15) is 0 Å². The Morgan fingerprint density at radius 3 is 2.41 bits per heavy atom. The summed E-state index contributed by atoms with van der Waals surface area (Å²) in [6, 6.07) is 12.3. The van der Waals surface area contributed by atoms with Crippen molar-refractivity contribution >= 4 is 21.6 Å². The summed E-state index contributed by atoms with van der Waals surface area (Å²) < 4.78 is 36.5. The standard InChI is InChI=1S/C19H24N2O5S/c1-4-27(23,24)21-16-8-6-5-7-15(16)13-20-19(22)12-14-9-10-17(25-2)18(11-14)26-3/h5-11,21H,4,12-13H2,1-3H3,(H,20,22). The van der Waals surface area contributed by atoms with Crippen molar-refractivity contribution in [2.24, 2.45) is 0 Å². The lowest BCUT2D eigenvalue weighted by Crippen LogP contribution is -2.25. The Kier molecular flexibility index (Phi) is 7.06. The number of hydrogen-bond acceptors (Lipinski definition) is 5. The number of carbonyl (C=O) groups is 1. The monoisotopic (exact) mass is 392 g/mol. The van der Waals surface area contributed by atoms with Crippen LogP contribution in [0, 0.1) is 0 Å². The fraction of sp³-hybridized carbons (Fsp3) is 0.316. The average molecular weight is 392 g/mol. The fourth-order valence-electron chi connectivity index (χ4n) is 2.45. The molecule has 2 aromatic rings. The number of benzene rings is 2. The van der Waals surface area contributed by atoms with Crippen LogP contribution in [0.1, 0.15) is 18.1 Å². The van der Waals surface area contributed by atoms with Crippen molar-refractivity contribution in [2.45, 2.75) is 19.9 Å². The van der Waals surface area contributed by atoms with E-state index in [0.29, 0.717) is 22.7 Å². The van der Waals surface area contributed by atoms with Crippen LogP contribution in [0.5, 0.6) is 11.5 Å². The molecule has 0 fully saturated rings. The van der Waals surface area contributed by atoms with Gasteiger partial charge in [0.15, 0.2) is 11.5 Å². The van der Waals surface area contributed by atoms with E-state index in [9.17, 15) is 13.2 Å². The molecule has 0 bridgehead atoms. The lowest BCUT2D eigenvalue weighted by molar-refractivity contribution is -0.120. The molecule has 0 aliphatic heterocycles. The van der Waals surface area contributed by atoms with Crippen LogP contribution >= 0.6 is 0 Å². The first-order chi connectivity index (χ1) is 12.9. The van der Waals surface area contributed by atoms with Gasteiger partial charge >= 0.3 is 0 Å². The number of methoxy groups -OCH3 is 2. The van der Waals surface area contributed by atoms with E-state index < -0.39 is 10.0 Å². The third-order valence-electron chi connectivity index (χ3n) is 3.95. The van der Waals surface area contributed by atoms with Crippen LogP contribution in [-0.2, 0) is 27.8 Å². The fourth-order valence-corrected chi connectivity index (χ4v) is 3.12. The normalized spacial score (nSPS) is 10.9. The molecular formula is C19H24N2O5S. The van der Waals surface area contributed by atoms with Gasteiger partial charge in [-0.05, 0) is 36.2 Å². The molecule has 0 spiro atoms. The molecule has 2 aromatic carbocycles. The lowest BCUT2D eigenvalue weighted by atomic mass is 10.1. The highest BCUT2D eigenvalue weighted by Gasteiger charge is 2.12. The Hall–Kier alpha value is -2.74. The van der Waals surface area contributed by atoms with E-state index in [-0.39, 0.29) is 24.6 Å². The highest BCUT2D eigenvalue weighted by atomic mass is 32.2. The van der Waals surface area contributed by atoms with E-state index in [1.807, 2.05) is 0 Å². The molecule has 0 radical (unpaired) electrons. The number of amides is 1. The summed E-state index contributed by atoms with van der Waals surface area (Å²) in [7, 11) is -0.297. The first-order valence-electron chi connectivity index (χ1n) is 8.44. The Labute approximate surface area is 159 Å². The molecule has 146 valence electrons. The molecule has 1 amide bonds. The molecular weight excluding hydrogens is 368 g/mol. The number of nitrogens with one attached hydrogen (secondary N) is 2. The zero-order valence-electron chi connectivity index (χ0n) is 15.6. The molecule has 0 atom stereocenters. The molecule has 0 aliphatic carbocycles. The first kappa shape index (κ1) is 20.6. The van der Waals surface area contributed by atoms with Crippen molar-refractivity contribution in [1.82, 2.24) is 5.32 Å². The van der Waals surface area contributed by atoms with E-state index in [1.54, 1.807) is 56.5 Å². The second kappa shape index (κ2) is 9.27. The summed E-state index contributed by atoms with van der Waals surface area (Å²) in [5.74, 6) is 0.948. The highest BCUT2D eigenvalue weighted by Crippen LogP contribution is 2.27. The van der Waals surface area contributed by atoms with Gasteiger partial charge in [-0.25, -0.2) is 8.42 Å². The minimum atomic E-state index is -3.38. The van der Waals surface area contributed by atoms with Crippen molar-refractivity contribution in [3.8, 4) is 11.5 Å². The second-order valence-corrected chi connectivity index (χ2v) is 7.82. The van der Waals surface area contributed by atoms with Crippen molar-refractivity contribution in [1.29, 1.82) is 0 Å². The topological polar surface area (TPSA) is 93.7 Å². The molecule has 8 heteroatoms. The summed E-state index contributed by atoms with van der Waals surface area (Å²) in [5.41, 5.74) is 1.94. The zero-order valence-corrected chi connectivity index (χ0v) is 16.4. The minimum Gasteiger partial charge on any atom is -0.493 e. The minimum absolute atomic E-state index is 0.0208. The SMILES string of the molecule is CCS(=O)(=O)Nc1ccccc1CNC(=O)Cc1ccc(OC)c(OC)c1. The summed E-state index contributed by atoms with van der Waals surface area (Å²) >= 11 is 0. The van der Waals surface area contributed by atoms with Crippen LogP contribution in [-0.4, -0.2) is 34.3 Å². The zero-order chi connectivity index (χ0) is 19.9. The van der Waals surface area contributed by atoms with E-state index in [1.165, 1.54) is 7.11 Å². The number of anilines is 1. The van der Waals surface area contributed by atoms with Gasteiger partial charge in [0, 0.05) is 6.54 Å². The Morgan fingerprint density at radius 1 is 1.04 bits per heavy atom. The molecule has 0 unspecified atom stereocenters. The number of carbonyl (C=O) groups excluding carboxylic acids is 1. The molecule has 27 heavy (non-hydrogen) atoms. The average Bonchev–Trinajstić information content (AvgIpc) is 2.67. The lowest BCUT2D eigenvalue weighted by Gasteiger charge is -2.13. The van der Waals surface area contributed by atoms with Gasteiger partial charge in [0.05, 0.1) is 32.1 Å². The smallest absolute Gasteiger partial charge is 0.232 e. The second-order valence-electron chi connectivity index (χ2n) is 5.81. The maximum atomic E-state index is 12.3. The number of para-hydroxylation sites is 1. The van der Waals surface area contributed by atoms with Gasteiger partial charge in [-0.3, -0.25) is 9.52 Å². The van der Waals surface area contributed by atoms with Gasteiger partial charge in [-0.15, -0.1) is 0 Å². The highest BCUT2D eigenvalue weighted by molar-refractivity contribution is 7.92. The van der Waals surface area contributed by atoms with Gasteiger partial charge in [0.25, 0.3) is 0 Å². The van der Waals surface area contributed by atoms with E-state index in [4.69, 9.17) is 9.47 Å². The summed E-state index contributed by atoms with van der Waals surface area (Å²) in [5, 5.41) is 2.81. The van der Waals surface area contributed by atoms with Crippen molar-refractivity contribution < 1.29 is 22.7 Å². The predicted molar refractivity (Wildman–Crippen MR) is 105 cm³/mol. The quantitative estimate of drug-likeness (QED) is 0.683. The van der Waals surface area contributed by atoms with Gasteiger partial charge in [0.2, 0.25) is 15.9 Å². The predicted octanol–water partition coefficient (Wildman–Crippen LogP) is 2.32. The molecule has 0 saturated heterocycles. The van der Waals surface area contributed by atoms with Crippen LogP contribution < -0.4 is 19.5 Å². The third kappa shape index (κ3) is 5.89. The largest absolute Gasteiger partial charge is 0.493 e. The van der Waals surface area contributed by atoms with Crippen LogP contribution in [0.4, 0.5) is 5.69 Å². The molecule has 2 rings (SSSR count). The Balaban J connectivity index is 2.02. The molecule has 7 nitrogen and oxygen atoms in total. The van der Waals surface area contributed by atoms with Crippen molar-refractivity contribution in [3.63, 3.8) is 0 Å². The number of ether oxygens (including phenoxy) is 2. The Bertz CT molecular complexity index is 897. The summed E-state index contributed by atoms with van der Waals surface area (Å²) in [6.07, 6.45) is 0.170. The van der Waals surface area contributed by atoms with Gasteiger partial charge < -0.3 is 14.8 Å². The van der Waals surface area contributed by atoms with Gasteiger partial charge in [-0.1, -0.05) is 24.3 Å². The summed E-state index contributed by atoms with van der Waals surface area (Å²) in [4.78, 5) is 12.3. The van der Waals surface area contributed by atoms with Crippen LogP contribution in [0.2, 0.25) is 0 Å². The molecule has 2 N–H and O–H groups in total. The maximum absolute atomic E-state index is 12.3. The first-order valence-corrected chi connectivity index (χ1v) is 10.1. The Morgan fingerprint density at radius 2 is 1.74 bits per heavy atom. The van der Waals surface area contributed by atoms with Crippen LogP contribution in [0.3, 0.4) is 0 Å². The molecule has 0 saturated carbocycles. The molecule has 0 aliphatic rings. The van der Waals surface area contributed by atoms with Crippen LogP contribution in [0.15, 0.2) is 42.5 Å². The number of rotatable bonds is 9. The third-order valence-corrected chi connectivity index (χ3v) is 5.24. The van der Waals surface area contributed by atoms with E-state index in [2.05, 4.69) is 10.0 Å². The molecule has 0 aromatic heterocycles. The van der Waals surface area contributed by atoms with Crippen molar-refractivity contribution in [2.75, 3.05) is 24.7 Å². The number of sulfonamides is 1. The summed E-state index contributed by atoms with van der Waals surface area (Å²) in [6.45, 7) is 1.78. The van der Waals surface area contributed by atoms with E-state index >= 15 is 0 Å². The van der Waals surface area contributed by atoms with Gasteiger partial charge in [0.1, 0.15) is 0 Å². The van der Waals surface area contributed by atoms with Crippen LogP contribution in [0.25, 0.3) is 0 Å². The maximum Gasteiger partial charge on any atom is 0.232 e. The van der Waals surface area contributed by atoms with E-state index in [0.717, 1.165) is 5.56 Å². The van der Waals surface area contributed by atoms with Crippen molar-refractivity contribution in [3.05, 3.63) is 53.6 Å². The molecule has 0 heterocycles.